The molecule has 1 aliphatic heterocycles. The molecule has 0 amide bonds. The van der Waals surface area contributed by atoms with Crippen molar-refractivity contribution in [2.24, 2.45) is 5.11 Å². The first-order valence-electron chi connectivity index (χ1n) is 9.43. The highest BCUT2D eigenvalue weighted by atomic mass is 16.6. The molecule has 5 N–H and O–H groups in total. The number of ether oxygens (including phenoxy) is 1. The Morgan fingerprint density at radius 2 is 2.10 bits per heavy atom. The van der Waals surface area contributed by atoms with Gasteiger partial charge in [0.15, 0.2) is 0 Å². The SMILES string of the molecule is [N-]=[N+]=Nc1ccc(NCCOCCCN2C[C@H](O)[C@@H](O)[C@H](O)[C@H]2CO)c([N+](=O)[O-])c1. The van der Waals surface area contributed by atoms with Gasteiger partial charge in [0, 0.05) is 42.9 Å². The maximum atomic E-state index is 11.1. The minimum absolute atomic E-state index is 0.139. The minimum Gasteiger partial charge on any atom is -0.395 e. The van der Waals surface area contributed by atoms with Gasteiger partial charge in [-0.25, -0.2) is 0 Å². The molecular weight excluding hydrogens is 400 g/mol. The lowest BCUT2D eigenvalue weighted by atomic mass is 9.94. The number of nitro benzene ring substituents is 1. The molecule has 0 radical (unpaired) electrons. The van der Waals surface area contributed by atoms with Crippen LogP contribution in [-0.2, 0) is 4.74 Å². The second-order valence-electron chi connectivity index (χ2n) is 6.83. The van der Waals surface area contributed by atoms with Crippen LogP contribution in [0.4, 0.5) is 17.1 Å². The lowest BCUT2D eigenvalue weighted by Crippen LogP contribution is -2.62. The van der Waals surface area contributed by atoms with Crippen LogP contribution < -0.4 is 5.32 Å². The van der Waals surface area contributed by atoms with E-state index < -0.39 is 29.3 Å². The van der Waals surface area contributed by atoms with E-state index in [9.17, 15) is 30.5 Å². The highest BCUT2D eigenvalue weighted by Gasteiger charge is 2.40. The highest BCUT2D eigenvalue weighted by Crippen LogP contribution is 2.29. The Bertz CT molecular complexity index is 760. The average molecular weight is 426 g/mol. The van der Waals surface area contributed by atoms with Crippen LogP contribution in [0.3, 0.4) is 0 Å². The van der Waals surface area contributed by atoms with Crippen molar-refractivity contribution >= 4 is 17.1 Å². The van der Waals surface area contributed by atoms with Crippen LogP contribution in [0.15, 0.2) is 23.3 Å². The quantitative estimate of drug-likeness (QED) is 0.0814. The molecule has 166 valence electrons. The fraction of sp³-hybridized carbons (Fsp3) is 0.647. The third-order valence-electron chi connectivity index (χ3n) is 4.85. The van der Waals surface area contributed by atoms with Crippen LogP contribution in [0.1, 0.15) is 6.42 Å². The van der Waals surface area contributed by atoms with Crippen molar-refractivity contribution < 1.29 is 30.1 Å². The number of nitrogens with one attached hydrogen (secondary N) is 1. The molecule has 1 saturated heterocycles. The number of aliphatic hydroxyl groups is 4. The summed E-state index contributed by atoms with van der Waals surface area (Å²) < 4.78 is 5.49. The molecule has 1 fully saturated rings. The molecule has 4 atom stereocenters. The van der Waals surface area contributed by atoms with Gasteiger partial charge < -0.3 is 30.5 Å². The number of anilines is 1. The van der Waals surface area contributed by atoms with Gasteiger partial charge in [-0.05, 0) is 18.0 Å². The number of nitrogens with zero attached hydrogens (tertiary/aromatic N) is 5. The maximum absolute atomic E-state index is 11.1. The number of nitro groups is 1. The van der Waals surface area contributed by atoms with Crippen LogP contribution in [0.5, 0.6) is 0 Å². The summed E-state index contributed by atoms with van der Waals surface area (Å²) in [5.41, 5.74) is 8.63. The third-order valence-corrected chi connectivity index (χ3v) is 4.85. The first kappa shape index (κ1) is 23.8. The molecule has 13 heteroatoms. The molecular formula is C17H26N6O7. The molecule has 0 saturated carbocycles. The molecule has 2 rings (SSSR count). The first-order valence-corrected chi connectivity index (χ1v) is 9.43. The fourth-order valence-corrected chi connectivity index (χ4v) is 3.30. The number of aliphatic hydroxyl groups excluding tert-OH is 4. The Morgan fingerprint density at radius 1 is 1.33 bits per heavy atom. The molecule has 13 nitrogen and oxygen atoms in total. The van der Waals surface area contributed by atoms with Crippen molar-refractivity contribution in [3.05, 3.63) is 38.8 Å². The minimum atomic E-state index is -1.29. The van der Waals surface area contributed by atoms with Crippen molar-refractivity contribution in [1.82, 2.24) is 4.90 Å². The van der Waals surface area contributed by atoms with E-state index in [1.54, 1.807) is 4.90 Å². The van der Waals surface area contributed by atoms with Crippen LogP contribution in [0.25, 0.3) is 10.4 Å². The topological polar surface area (TPSA) is 197 Å². The lowest BCUT2D eigenvalue weighted by Gasteiger charge is -2.43. The first-order chi connectivity index (χ1) is 14.4. The van der Waals surface area contributed by atoms with E-state index in [1.165, 1.54) is 18.2 Å². The second kappa shape index (κ2) is 11.6. The number of hydrogen-bond donors (Lipinski definition) is 5. The molecule has 0 spiro atoms. The van der Waals surface area contributed by atoms with Gasteiger partial charge in [0.25, 0.3) is 5.69 Å². The molecule has 0 aromatic heterocycles. The Labute approximate surface area is 172 Å². The Kier molecular flexibility index (Phi) is 9.20. The summed E-state index contributed by atoms with van der Waals surface area (Å²) >= 11 is 0. The van der Waals surface area contributed by atoms with E-state index in [2.05, 4.69) is 15.3 Å². The van der Waals surface area contributed by atoms with Gasteiger partial charge in [-0.1, -0.05) is 11.2 Å². The normalized spacial score (nSPS) is 24.3. The van der Waals surface area contributed by atoms with Crippen LogP contribution in [0, 0.1) is 10.1 Å². The maximum Gasteiger partial charge on any atom is 0.292 e. The van der Waals surface area contributed by atoms with Gasteiger partial charge in [0.1, 0.15) is 17.9 Å². The van der Waals surface area contributed by atoms with E-state index in [-0.39, 0.29) is 36.8 Å². The highest BCUT2D eigenvalue weighted by molar-refractivity contribution is 5.66. The second-order valence-corrected chi connectivity index (χ2v) is 6.83. The van der Waals surface area contributed by atoms with Gasteiger partial charge in [-0.2, -0.15) is 0 Å². The summed E-state index contributed by atoms with van der Waals surface area (Å²) in [5.74, 6) is 0. The van der Waals surface area contributed by atoms with Crippen molar-refractivity contribution in [3.63, 3.8) is 0 Å². The van der Waals surface area contributed by atoms with Gasteiger partial charge in [0.2, 0.25) is 0 Å². The zero-order valence-corrected chi connectivity index (χ0v) is 16.2. The number of piperidine rings is 1. The Morgan fingerprint density at radius 3 is 2.77 bits per heavy atom. The predicted octanol–water partition coefficient (Wildman–Crippen LogP) is 0.114. The predicted molar refractivity (Wildman–Crippen MR) is 106 cm³/mol. The van der Waals surface area contributed by atoms with Crippen molar-refractivity contribution in [2.45, 2.75) is 30.8 Å². The van der Waals surface area contributed by atoms with Gasteiger partial charge in [-0.15, -0.1) is 0 Å². The largest absolute Gasteiger partial charge is 0.395 e. The number of β-amino-alcohol motifs (C(OH)–C–C–N with tert-alkyl or cyclic N) is 1. The van der Waals surface area contributed by atoms with Crippen LogP contribution >= 0.6 is 0 Å². The van der Waals surface area contributed by atoms with Crippen LogP contribution in [0.2, 0.25) is 0 Å². The van der Waals surface area contributed by atoms with E-state index in [0.717, 1.165) is 0 Å². The van der Waals surface area contributed by atoms with Gasteiger partial charge in [-0.3, -0.25) is 15.0 Å². The number of benzene rings is 1. The Balaban J connectivity index is 1.72. The zero-order chi connectivity index (χ0) is 22.1. The van der Waals surface area contributed by atoms with Gasteiger partial charge >= 0.3 is 0 Å². The molecule has 1 aliphatic rings. The third kappa shape index (κ3) is 6.24. The van der Waals surface area contributed by atoms with Gasteiger partial charge in [0.05, 0.1) is 30.3 Å². The van der Waals surface area contributed by atoms with Crippen molar-refractivity contribution in [1.29, 1.82) is 0 Å². The van der Waals surface area contributed by atoms with E-state index in [1.807, 2.05) is 0 Å². The van der Waals surface area contributed by atoms with E-state index in [4.69, 9.17) is 10.3 Å². The average Bonchev–Trinajstić information content (AvgIpc) is 2.72. The molecule has 1 heterocycles. The summed E-state index contributed by atoms with van der Waals surface area (Å²) in [6.45, 7) is 1.21. The van der Waals surface area contributed by atoms with Crippen molar-refractivity contribution in [3.8, 4) is 0 Å². The molecule has 1 aromatic carbocycles. The fourth-order valence-electron chi connectivity index (χ4n) is 3.30. The Hall–Kier alpha value is -2.51. The molecule has 30 heavy (non-hydrogen) atoms. The number of rotatable bonds is 11. The number of azide groups is 1. The zero-order valence-electron chi connectivity index (χ0n) is 16.2. The summed E-state index contributed by atoms with van der Waals surface area (Å²) in [6.07, 6.45) is -3.04. The van der Waals surface area contributed by atoms with E-state index >= 15 is 0 Å². The van der Waals surface area contributed by atoms with E-state index in [0.29, 0.717) is 26.1 Å². The lowest BCUT2D eigenvalue weighted by molar-refractivity contribution is -0.383. The summed E-state index contributed by atoms with van der Waals surface area (Å²) in [7, 11) is 0. The number of hydrogen-bond acceptors (Lipinski definition) is 10. The van der Waals surface area contributed by atoms with Crippen LogP contribution in [-0.4, -0.2) is 94.1 Å². The summed E-state index contributed by atoms with van der Waals surface area (Å²) in [5, 5.41) is 56.2. The number of likely N-dealkylation sites (tertiary alicyclic amines) is 1. The van der Waals surface area contributed by atoms with Crippen molar-refractivity contribution in [2.75, 3.05) is 44.8 Å². The molecule has 0 aliphatic carbocycles. The molecule has 0 unspecified atom stereocenters. The smallest absolute Gasteiger partial charge is 0.292 e. The summed E-state index contributed by atoms with van der Waals surface area (Å²) in [6, 6.07) is 3.45. The standard InChI is InChI=1S/C17H26N6O7/c18-21-20-11-2-3-12(13(8-11)23(28)29)19-4-7-30-6-1-5-22-9-15(25)17(27)16(26)14(22)10-24/h2-3,8,14-17,19,24-27H,1,4-7,9-10H2/t14-,15+,16-,17-/m1/s1. The molecule has 0 bridgehead atoms. The molecule has 1 aromatic rings. The summed E-state index contributed by atoms with van der Waals surface area (Å²) in [4.78, 5) is 14.9. The monoisotopic (exact) mass is 426 g/mol.